The number of benzene rings is 1. The van der Waals surface area contributed by atoms with Gasteiger partial charge in [0, 0.05) is 12.1 Å². The van der Waals surface area contributed by atoms with Crippen molar-refractivity contribution < 1.29 is 4.39 Å². The molecular formula is C18H19FN2O. The van der Waals surface area contributed by atoms with Gasteiger partial charge in [0.05, 0.1) is 18.2 Å². The highest BCUT2D eigenvalue weighted by molar-refractivity contribution is 5.59. The fourth-order valence-electron chi connectivity index (χ4n) is 2.46. The van der Waals surface area contributed by atoms with Crippen molar-refractivity contribution in [1.82, 2.24) is 4.57 Å². The van der Waals surface area contributed by atoms with Crippen molar-refractivity contribution in [2.75, 3.05) is 0 Å². The van der Waals surface area contributed by atoms with Gasteiger partial charge in [0.2, 0.25) is 0 Å². The Morgan fingerprint density at radius 1 is 1.14 bits per heavy atom. The van der Waals surface area contributed by atoms with Crippen molar-refractivity contribution in [2.24, 2.45) is 0 Å². The number of hydrogen-bond acceptors (Lipinski definition) is 2. The first-order chi connectivity index (χ1) is 10.7. The second-order valence-corrected chi connectivity index (χ2v) is 5.25. The summed E-state index contributed by atoms with van der Waals surface area (Å²) in [6.45, 7) is 2.72. The average molecular weight is 298 g/mol. The zero-order valence-corrected chi connectivity index (χ0v) is 12.7. The summed E-state index contributed by atoms with van der Waals surface area (Å²) >= 11 is 0. The Bertz CT molecular complexity index is 726. The Morgan fingerprint density at radius 3 is 2.50 bits per heavy atom. The molecule has 4 heteroatoms. The summed E-state index contributed by atoms with van der Waals surface area (Å²) < 4.78 is 14.8. The van der Waals surface area contributed by atoms with Gasteiger partial charge in [0.25, 0.3) is 5.56 Å². The van der Waals surface area contributed by atoms with Gasteiger partial charge in [-0.05, 0) is 42.3 Å². The highest BCUT2D eigenvalue weighted by atomic mass is 19.1. The molecular weight excluding hydrogens is 279 g/mol. The van der Waals surface area contributed by atoms with E-state index in [-0.39, 0.29) is 17.8 Å². The van der Waals surface area contributed by atoms with Crippen molar-refractivity contribution in [3.8, 4) is 17.3 Å². The van der Waals surface area contributed by atoms with E-state index in [2.05, 4.69) is 6.92 Å². The molecule has 1 aromatic heterocycles. The van der Waals surface area contributed by atoms with E-state index >= 15 is 0 Å². The van der Waals surface area contributed by atoms with Gasteiger partial charge in [-0.15, -0.1) is 0 Å². The van der Waals surface area contributed by atoms with Crippen LogP contribution in [0.2, 0.25) is 0 Å². The summed E-state index contributed by atoms with van der Waals surface area (Å²) in [4.78, 5) is 12.6. The lowest BCUT2D eigenvalue weighted by molar-refractivity contribution is 0.589. The maximum atomic E-state index is 13.1. The van der Waals surface area contributed by atoms with Gasteiger partial charge in [-0.2, -0.15) is 5.26 Å². The first-order valence-electron chi connectivity index (χ1n) is 7.53. The predicted molar refractivity (Wildman–Crippen MR) is 84.9 cm³/mol. The highest BCUT2D eigenvalue weighted by Crippen LogP contribution is 2.19. The molecule has 0 fully saturated rings. The van der Waals surface area contributed by atoms with Gasteiger partial charge >= 0.3 is 0 Å². The van der Waals surface area contributed by atoms with Crippen LogP contribution in [0.5, 0.6) is 0 Å². The van der Waals surface area contributed by atoms with Gasteiger partial charge in [0.1, 0.15) is 5.82 Å². The van der Waals surface area contributed by atoms with Crippen LogP contribution in [0.15, 0.2) is 41.2 Å². The zero-order valence-electron chi connectivity index (χ0n) is 12.7. The molecule has 0 radical (unpaired) electrons. The molecule has 0 amide bonds. The lowest BCUT2D eigenvalue weighted by atomic mass is 10.1. The van der Waals surface area contributed by atoms with Gasteiger partial charge in [-0.25, -0.2) is 4.39 Å². The van der Waals surface area contributed by atoms with Crippen molar-refractivity contribution in [1.29, 1.82) is 5.26 Å². The number of aromatic nitrogens is 1. The number of halogens is 1. The standard InChI is InChI=1S/C18H19FN2O/c1-2-3-4-13-21-17(14-5-8-16(19)9-6-14)10-7-15(11-12-20)18(21)22/h5-10H,2-4,11,13H2,1H3. The molecule has 2 rings (SSSR count). The van der Waals surface area contributed by atoms with E-state index in [1.54, 1.807) is 22.8 Å². The van der Waals surface area contributed by atoms with Crippen LogP contribution in [0.1, 0.15) is 31.7 Å². The summed E-state index contributed by atoms with van der Waals surface area (Å²) in [7, 11) is 0. The van der Waals surface area contributed by atoms with Crippen LogP contribution < -0.4 is 5.56 Å². The Morgan fingerprint density at radius 2 is 1.86 bits per heavy atom. The van der Waals surface area contributed by atoms with Crippen molar-refractivity contribution in [3.63, 3.8) is 0 Å². The maximum Gasteiger partial charge on any atom is 0.255 e. The number of pyridine rings is 1. The third-order valence-electron chi connectivity index (χ3n) is 3.65. The molecule has 1 aromatic carbocycles. The monoisotopic (exact) mass is 298 g/mol. The largest absolute Gasteiger partial charge is 0.308 e. The molecule has 0 bridgehead atoms. The number of nitriles is 1. The third-order valence-corrected chi connectivity index (χ3v) is 3.65. The summed E-state index contributed by atoms with van der Waals surface area (Å²) in [5, 5.41) is 8.83. The quantitative estimate of drug-likeness (QED) is 0.759. The van der Waals surface area contributed by atoms with E-state index in [0.29, 0.717) is 12.1 Å². The third kappa shape index (κ3) is 3.62. The normalized spacial score (nSPS) is 10.4. The van der Waals surface area contributed by atoms with E-state index in [0.717, 1.165) is 30.5 Å². The molecule has 0 aliphatic heterocycles. The molecule has 114 valence electrons. The van der Waals surface area contributed by atoms with Gasteiger partial charge < -0.3 is 4.57 Å². The average Bonchev–Trinajstić information content (AvgIpc) is 2.52. The lowest BCUT2D eigenvalue weighted by Crippen LogP contribution is -2.25. The molecule has 0 spiro atoms. The van der Waals surface area contributed by atoms with Crippen LogP contribution in [0.3, 0.4) is 0 Å². The molecule has 0 N–H and O–H groups in total. The minimum absolute atomic E-state index is 0.107. The van der Waals surface area contributed by atoms with Gasteiger partial charge in [-0.3, -0.25) is 4.79 Å². The molecule has 0 aliphatic carbocycles. The Hall–Kier alpha value is -2.41. The van der Waals surface area contributed by atoms with Crippen LogP contribution >= 0.6 is 0 Å². The van der Waals surface area contributed by atoms with Gasteiger partial charge in [0.15, 0.2) is 0 Å². The van der Waals surface area contributed by atoms with Crippen molar-refractivity contribution in [2.45, 2.75) is 39.2 Å². The molecule has 2 aromatic rings. The summed E-state index contributed by atoms with van der Waals surface area (Å²) in [6.07, 6.45) is 3.12. The minimum atomic E-state index is -0.301. The van der Waals surface area contributed by atoms with Gasteiger partial charge in [-0.1, -0.05) is 25.8 Å². The highest BCUT2D eigenvalue weighted by Gasteiger charge is 2.10. The van der Waals surface area contributed by atoms with E-state index in [1.807, 2.05) is 12.1 Å². The Labute approximate surface area is 129 Å². The van der Waals surface area contributed by atoms with Crippen LogP contribution in [0, 0.1) is 17.1 Å². The number of nitrogens with zero attached hydrogens (tertiary/aromatic N) is 2. The van der Waals surface area contributed by atoms with E-state index in [1.165, 1.54) is 12.1 Å². The molecule has 0 unspecified atom stereocenters. The van der Waals surface area contributed by atoms with E-state index < -0.39 is 0 Å². The zero-order chi connectivity index (χ0) is 15.9. The first kappa shape index (κ1) is 16.0. The molecule has 3 nitrogen and oxygen atoms in total. The Kier molecular flexibility index (Phi) is 5.48. The molecule has 0 aliphatic rings. The molecule has 22 heavy (non-hydrogen) atoms. The lowest BCUT2D eigenvalue weighted by Gasteiger charge is -2.14. The predicted octanol–water partition coefficient (Wildman–Crippen LogP) is 3.91. The number of hydrogen-bond donors (Lipinski definition) is 0. The minimum Gasteiger partial charge on any atom is -0.308 e. The fraction of sp³-hybridized carbons (Fsp3) is 0.333. The van der Waals surface area contributed by atoms with Crippen LogP contribution in [-0.4, -0.2) is 4.57 Å². The van der Waals surface area contributed by atoms with Crippen LogP contribution in [0.25, 0.3) is 11.3 Å². The van der Waals surface area contributed by atoms with Crippen LogP contribution in [0.4, 0.5) is 4.39 Å². The second-order valence-electron chi connectivity index (χ2n) is 5.25. The maximum absolute atomic E-state index is 13.1. The first-order valence-corrected chi connectivity index (χ1v) is 7.53. The SMILES string of the molecule is CCCCCn1c(-c2ccc(F)cc2)ccc(CC#N)c1=O. The topological polar surface area (TPSA) is 45.8 Å². The smallest absolute Gasteiger partial charge is 0.255 e. The van der Waals surface area contributed by atoms with Crippen molar-refractivity contribution >= 4 is 0 Å². The molecule has 0 saturated heterocycles. The summed E-state index contributed by atoms with van der Waals surface area (Å²) in [6, 6.07) is 11.7. The van der Waals surface area contributed by atoms with Crippen molar-refractivity contribution in [3.05, 3.63) is 58.1 Å². The summed E-state index contributed by atoms with van der Waals surface area (Å²) in [5.41, 5.74) is 1.95. The molecule has 0 atom stereocenters. The summed E-state index contributed by atoms with van der Waals surface area (Å²) in [5.74, 6) is -0.301. The van der Waals surface area contributed by atoms with Crippen LogP contribution in [-0.2, 0) is 13.0 Å². The Balaban J connectivity index is 2.47. The fourth-order valence-corrected chi connectivity index (χ4v) is 2.46. The number of rotatable bonds is 6. The van der Waals surface area contributed by atoms with E-state index in [9.17, 15) is 9.18 Å². The second kappa shape index (κ2) is 7.56. The number of unbranched alkanes of at least 4 members (excludes halogenated alkanes) is 2. The molecule has 0 saturated carbocycles. The van der Waals surface area contributed by atoms with E-state index in [4.69, 9.17) is 5.26 Å². The molecule has 1 heterocycles.